The molecule has 2 aromatic carbocycles. The number of benzene rings is 2. The van der Waals surface area contributed by atoms with Gasteiger partial charge in [-0.25, -0.2) is 4.39 Å². The maximum absolute atomic E-state index is 13.7. The van der Waals surface area contributed by atoms with Gasteiger partial charge in [0.05, 0.1) is 11.3 Å². The minimum atomic E-state index is -0.571. The Hall–Kier alpha value is -2.62. The molecular weight excluding hydrogens is 476 g/mol. The summed E-state index contributed by atoms with van der Waals surface area (Å²) in [4.78, 5) is 24.4. The molecule has 3 rings (SSSR count). The summed E-state index contributed by atoms with van der Waals surface area (Å²) in [6, 6.07) is 10.6. The van der Waals surface area contributed by atoms with Crippen molar-refractivity contribution < 1.29 is 14.0 Å². The smallest absolute Gasteiger partial charge is 0.254 e. The quantitative estimate of drug-likeness (QED) is 0.428. The van der Waals surface area contributed by atoms with E-state index in [4.69, 9.17) is 23.2 Å². The van der Waals surface area contributed by atoms with E-state index in [-0.39, 0.29) is 23.8 Å². The predicted molar refractivity (Wildman–Crippen MR) is 124 cm³/mol. The SMILES string of the molecule is CCn1c(CCNC(=O)c2ccccc2F)nnc1SCC(=O)Nc1cc(Cl)cc(Cl)c1. The Morgan fingerprint density at radius 2 is 1.84 bits per heavy atom. The molecule has 168 valence electrons. The molecule has 7 nitrogen and oxygen atoms in total. The van der Waals surface area contributed by atoms with Crippen LogP contribution in [0.1, 0.15) is 23.1 Å². The van der Waals surface area contributed by atoms with E-state index in [1.54, 1.807) is 24.3 Å². The van der Waals surface area contributed by atoms with Crippen LogP contribution in [-0.2, 0) is 17.8 Å². The van der Waals surface area contributed by atoms with E-state index in [1.165, 1.54) is 30.0 Å². The Labute approximate surface area is 198 Å². The highest BCUT2D eigenvalue weighted by Crippen LogP contribution is 2.23. The molecule has 0 saturated heterocycles. The minimum absolute atomic E-state index is 0.00675. The van der Waals surface area contributed by atoms with E-state index in [2.05, 4.69) is 20.8 Å². The Morgan fingerprint density at radius 1 is 1.12 bits per heavy atom. The van der Waals surface area contributed by atoms with E-state index >= 15 is 0 Å². The van der Waals surface area contributed by atoms with E-state index in [9.17, 15) is 14.0 Å². The summed E-state index contributed by atoms with van der Waals surface area (Å²) in [5, 5.41) is 15.2. The number of thioether (sulfide) groups is 1. The molecule has 0 atom stereocenters. The first-order chi connectivity index (χ1) is 15.4. The van der Waals surface area contributed by atoms with Crippen LogP contribution >= 0.6 is 35.0 Å². The lowest BCUT2D eigenvalue weighted by molar-refractivity contribution is -0.113. The first kappa shape index (κ1) is 24.0. The standard InChI is InChI=1S/C21H20Cl2FN5O2S/c1-2-29-18(7-8-25-20(31)16-5-3-4-6-17(16)24)27-28-21(29)32-12-19(30)26-15-10-13(22)9-14(23)11-15/h3-6,9-11H,2,7-8,12H2,1H3,(H,25,31)(H,26,30). The monoisotopic (exact) mass is 495 g/mol. The van der Waals surface area contributed by atoms with Gasteiger partial charge in [-0.3, -0.25) is 9.59 Å². The highest BCUT2D eigenvalue weighted by Gasteiger charge is 2.15. The number of nitrogens with one attached hydrogen (secondary N) is 2. The van der Waals surface area contributed by atoms with Gasteiger partial charge in [0.25, 0.3) is 5.91 Å². The number of hydrogen-bond acceptors (Lipinski definition) is 5. The summed E-state index contributed by atoms with van der Waals surface area (Å²) >= 11 is 13.1. The average Bonchev–Trinajstić information content (AvgIpc) is 3.13. The van der Waals surface area contributed by atoms with Crippen molar-refractivity contribution in [1.29, 1.82) is 0 Å². The van der Waals surface area contributed by atoms with Gasteiger partial charge < -0.3 is 15.2 Å². The molecule has 2 amide bonds. The van der Waals surface area contributed by atoms with Gasteiger partial charge in [0.2, 0.25) is 5.91 Å². The number of anilines is 1. The third-order valence-electron chi connectivity index (χ3n) is 4.34. The number of nitrogens with zero attached hydrogens (tertiary/aromatic N) is 3. The van der Waals surface area contributed by atoms with Crippen molar-refractivity contribution in [2.24, 2.45) is 0 Å². The number of halogens is 3. The molecule has 0 aliphatic rings. The molecular formula is C21H20Cl2FN5O2S. The molecule has 1 aromatic heterocycles. The largest absolute Gasteiger partial charge is 0.351 e. The van der Waals surface area contributed by atoms with Gasteiger partial charge in [0, 0.05) is 35.2 Å². The normalized spacial score (nSPS) is 10.8. The van der Waals surface area contributed by atoms with E-state index in [0.29, 0.717) is 39.7 Å². The van der Waals surface area contributed by atoms with E-state index in [1.807, 2.05) is 11.5 Å². The van der Waals surface area contributed by atoms with Crippen molar-refractivity contribution in [1.82, 2.24) is 20.1 Å². The molecule has 0 aliphatic carbocycles. The molecule has 32 heavy (non-hydrogen) atoms. The molecule has 0 fully saturated rings. The number of carbonyl (C=O) groups is 2. The summed E-state index contributed by atoms with van der Waals surface area (Å²) in [6.45, 7) is 2.80. The molecule has 2 N–H and O–H groups in total. The zero-order valence-corrected chi connectivity index (χ0v) is 19.4. The van der Waals surface area contributed by atoms with Crippen LogP contribution in [-0.4, -0.2) is 38.9 Å². The van der Waals surface area contributed by atoms with Crippen molar-refractivity contribution in [2.75, 3.05) is 17.6 Å². The van der Waals surface area contributed by atoms with Gasteiger partial charge >= 0.3 is 0 Å². The topological polar surface area (TPSA) is 88.9 Å². The lowest BCUT2D eigenvalue weighted by Gasteiger charge is -2.09. The molecule has 0 aliphatic heterocycles. The fourth-order valence-corrected chi connectivity index (χ4v) is 4.26. The molecule has 11 heteroatoms. The highest BCUT2D eigenvalue weighted by molar-refractivity contribution is 7.99. The summed E-state index contributed by atoms with van der Waals surface area (Å²) in [7, 11) is 0. The zero-order chi connectivity index (χ0) is 23.1. The summed E-state index contributed by atoms with van der Waals surface area (Å²) < 4.78 is 15.6. The first-order valence-corrected chi connectivity index (χ1v) is 11.4. The zero-order valence-electron chi connectivity index (χ0n) is 17.1. The van der Waals surface area contributed by atoms with Crippen molar-refractivity contribution in [2.45, 2.75) is 25.0 Å². The lowest BCUT2D eigenvalue weighted by Crippen LogP contribution is -2.27. The van der Waals surface area contributed by atoms with Gasteiger partial charge in [-0.1, -0.05) is 47.1 Å². The number of rotatable bonds is 9. The van der Waals surface area contributed by atoms with Crippen LogP contribution in [0.2, 0.25) is 10.0 Å². The maximum atomic E-state index is 13.7. The van der Waals surface area contributed by atoms with Crippen molar-refractivity contribution in [3.05, 3.63) is 69.7 Å². The minimum Gasteiger partial charge on any atom is -0.351 e. The highest BCUT2D eigenvalue weighted by atomic mass is 35.5. The Kier molecular flexibility index (Phi) is 8.49. The molecule has 0 spiro atoms. The van der Waals surface area contributed by atoms with Crippen LogP contribution < -0.4 is 10.6 Å². The Bertz CT molecular complexity index is 1110. The molecule has 0 radical (unpaired) electrons. The van der Waals surface area contributed by atoms with Crippen LogP contribution in [0.5, 0.6) is 0 Å². The third kappa shape index (κ3) is 6.44. The number of carbonyl (C=O) groups excluding carboxylic acids is 2. The second kappa shape index (κ2) is 11.3. The van der Waals surface area contributed by atoms with Crippen molar-refractivity contribution in [3.63, 3.8) is 0 Å². The Balaban J connectivity index is 1.53. The summed E-state index contributed by atoms with van der Waals surface area (Å²) in [5.41, 5.74) is 0.504. The van der Waals surface area contributed by atoms with Gasteiger partial charge in [-0.05, 0) is 37.3 Å². The maximum Gasteiger partial charge on any atom is 0.254 e. The second-order valence-corrected chi connectivity index (χ2v) is 8.44. The number of aromatic nitrogens is 3. The lowest BCUT2D eigenvalue weighted by atomic mass is 10.2. The van der Waals surface area contributed by atoms with Crippen LogP contribution in [0.15, 0.2) is 47.6 Å². The van der Waals surface area contributed by atoms with Crippen LogP contribution in [0.3, 0.4) is 0 Å². The third-order valence-corrected chi connectivity index (χ3v) is 5.74. The molecule has 1 heterocycles. The van der Waals surface area contributed by atoms with Crippen molar-refractivity contribution >= 4 is 52.5 Å². The predicted octanol–water partition coefficient (Wildman–Crippen LogP) is 4.45. The van der Waals surface area contributed by atoms with Gasteiger partial charge in [0.1, 0.15) is 11.6 Å². The van der Waals surface area contributed by atoms with E-state index in [0.717, 1.165) is 0 Å². The Morgan fingerprint density at radius 3 is 2.53 bits per heavy atom. The fourth-order valence-electron chi connectivity index (χ4n) is 2.91. The summed E-state index contributed by atoms with van der Waals surface area (Å²) in [6.07, 6.45) is 0.412. The first-order valence-electron chi connectivity index (χ1n) is 9.71. The van der Waals surface area contributed by atoms with Gasteiger partial charge in [0.15, 0.2) is 5.16 Å². The molecule has 0 unspecified atom stereocenters. The fraction of sp³-hybridized carbons (Fsp3) is 0.238. The van der Waals surface area contributed by atoms with Crippen molar-refractivity contribution in [3.8, 4) is 0 Å². The average molecular weight is 496 g/mol. The number of amides is 2. The molecule has 0 bridgehead atoms. The number of hydrogen-bond donors (Lipinski definition) is 2. The summed E-state index contributed by atoms with van der Waals surface area (Å²) in [5.74, 6) is -0.521. The van der Waals surface area contributed by atoms with Crippen LogP contribution in [0, 0.1) is 5.82 Å². The van der Waals surface area contributed by atoms with E-state index < -0.39 is 11.7 Å². The van der Waals surface area contributed by atoms with Crippen LogP contribution in [0.4, 0.5) is 10.1 Å². The molecule has 0 saturated carbocycles. The van der Waals surface area contributed by atoms with Gasteiger partial charge in [-0.15, -0.1) is 10.2 Å². The van der Waals surface area contributed by atoms with Gasteiger partial charge in [-0.2, -0.15) is 0 Å². The second-order valence-electron chi connectivity index (χ2n) is 6.62. The van der Waals surface area contributed by atoms with Crippen LogP contribution in [0.25, 0.3) is 0 Å². The molecule has 3 aromatic rings.